The van der Waals surface area contributed by atoms with Gasteiger partial charge >= 0.3 is 20.8 Å². The molecule has 0 aromatic carbocycles. The fraction of sp³-hybridized carbons (Fsp3) is 0. The standard InChI is InChI=1S/2H2O4S.3H2O/c2*1-5(2,3)4;;;/h2*(H2,1,2,3,4);3*1H2. The van der Waals surface area contributed by atoms with E-state index in [0.29, 0.717) is 0 Å². The molecule has 88 valence electrons. The van der Waals surface area contributed by atoms with Gasteiger partial charge in [0.15, 0.2) is 0 Å². The van der Waals surface area contributed by atoms with Gasteiger partial charge in [-0.1, -0.05) is 0 Å². The lowest BCUT2D eigenvalue weighted by Gasteiger charge is -1.68. The zero-order chi connectivity index (χ0) is 9.00. The molecule has 0 aliphatic heterocycles. The van der Waals surface area contributed by atoms with Gasteiger partial charge in [0.2, 0.25) is 0 Å². The lowest BCUT2D eigenvalue weighted by atomic mass is 15.8. The largest absolute Gasteiger partial charge is 0.412 e. The first-order chi connectivity index (χ1) is 4.00. The molecule has 0 heterocycles. The van der Waals surface area contributed by atoms with Crippen LogP contribution in [0.3, 0.4) is 0 Å². The Morgan fingerprint density at radius 2 is 0.538 bits per heavy atom. The molecule has 0 fully saturated rings. The van der Waals surface area contributed by atoms with Gasteiger partial charge in [-0.05, 0) is 0 Å². The molecule has 0 radical (unpaired) electrons. The first-order valence-electron chi connectivity index (χ1n) is 1.40. The van der Waals surface area contributed by atoms with Gasteiger partial charge in [-0.25, -0.2) is 0 Å². The van der Waals surface area contributed by atoms with Crippen molar-refractivity contribution in [2.45, 2.75) is 0 Å². The molecule has 0 saturated heterocycles. The maximum Gasteiger partial charge on any atom is 0.394 e. The summed E-state index contributed by atoms with van der Waals surface area (Å²) in [6.07, 6.45) is 0. The zero-order valence-corrected chi connectivity index (χ0v) is 7.37. The van der Waals surface area contributed by atoms with Crippen molar-refractivity contribution in [1.29, 1.82) is 0 Å². The highest BCUT2D eigenvalue weighted by atomic mass is 32.3. The number of hydrogen-bond acceptors (Lipinski definition) is 4. The molecular weight excluding hydrogens is 240 g/mol. The average Bonchev–Trinajstić information content (AvgIpc) is 1.12. The third-order valence-electron chi connectivity index (χ3n) is 0. The van der Waals surface area contributed by atoms with Crippen molar-refractivity contribution in [2.75, 3.05) is 0 Å². The molecule has 0 atom stereocenters. The normalized spacial score (nSPS) is 8.92. The van der Waals surface area contributed by atoms with Gasteiger partial charge in [-0.2, -0.15) is 16.8 Å². The molecule has 0 aliphatic rings. The topological polar surface area (TPSA) is 244 Å². The first-order valence-corrected chi connectivity index (χ1v) is 4.19. The van der Waals surface area contributed by atoms with E-state index in [1.807, 2.05) is 0 Å². The molecule has 13 heteroatoms. The average molecular weight is 250 g/mol. The lowest BCUT2D eigenvalue weighted by Crippen LogP contribution is -1.89. The highest BCUT2D eigenvalue weighted by Crippen LogP contribution is 1.59. The minimum Gasteiger partial charge on any atom is -0.412 e. The van der Waals surface area contributed by atoms with E-state index in [1.165, 1.54) is 0 Å². The van der Waals surface area contributed by atoms with Crippen molar-refractivity contribution in [3.05, 3.63) is 0 Å². The van der Waals surface area contributed by atoms with E-state index >= 15 is 0 Å². The highest BCUT2D eigenvalue weighted by molar-refractivity contribution is 7.80. The van der Waals surface area contributed by atoms with Crippen LogP contribution in [0.25, 0.3) is 0 Å². The van der Waals surface area contributed by atoms with Gasteiger partial charge < -0.3 is 16.4 Å². The van der Waals surface area contributed by atoms with Crippen LogP contribution in [0.5, 0.6) is 0 Å². The van der Waals surface area contributed by atoms with E-state index in [4.69, 9.17) is 35.0 Å². The van der Waals surface area contributed by atoms with Crippen LogP contribution in [0.4, 0.5) is 0 Å². The predicted octanol–water partition coefficient (Wildman–Crippen LogP) is -3.78. The quantitative estimate of drug-likeness (QED) is 0.309. The molecule has 0 unspecified atom stereocenters. The third-order valence-corrected chi connectivity index (χ3v) is 0. The van der Waals surface area contributed by atoms with Crippen molar-refractivity contribution in [3.63, 3.8) is 0 Å². The van der Waals surface area contributed by atoms with Gasteiger partial charge in [0.25, 0.3) is 0 Å². The smallest absolute Gasteiger partial charge is 0.394 e. The van der Waals surface area contributed by atoms with Crippen LogP contribution < -0.4 is 0 Å². The van der Waals surface area contributed by atoms with E-state index < -0.39 is 20.8 Å². The Morgan fingerprint density at radius 1 is 0.538 bits per heavy atom. The molecule has 0 aromatic rings. The highest BCUT2D eigenvalue weighted by Gasteiger charge is 1.85. The number of rotatable bonds is 0. The summed E-state index contributed by atoms with van der Waals surface area (Å²) in [5, 5.41) is 0. The van der Waals surface area contributed by atoms with Crippen LogP contribution in [0, 0.1) is 0 Å². The Labute approximate surface area is 73.1 Å². The molecular formula is H10O11S2. The van der Waals surface area contributed by atoms with E-state index in [1.54, 1.807) is 0 Å². The van der Waals surface area contributed by atoms with Crippen LogP contribution in [-0.2, 0) is 20.8 Å². The molecule has 10 N–H and O–H groups in total. The Kier molecular flexibility index (Phi) is 21.9. The lowest BCUT2D eigenvalue weighted by molar-refractivity contribution is 0.378. The van der Waals surface area contributed by atoms with Gasteiger partial charge in [0, 0.05) is 0 Å². The summed E-state index contributed by atoms with van der Waals surface area (Å²) >= 11 is 0. The van der Waals surface area contributed by atoms with Crippen molar-refractivity contribution >= 4 is 20.8 Å². The van der Waals surface area contributed by atoms with E-state index in [-0.39, 0.29) is 16.4 Å². The Bertz CT molecular complexity index is 204. The molecule has 0 aliphatic carbocycles. The predicted molar refractivity (Wildman–Crippen MR) is 39.2 cm³/mol. The molecule has 0 bridgehead atoms. The molecule has 13 heavy (non-hydrogen) atoms. The van der Waals surface area contributed by atoms with Gasteiger partial charge in [0.1, 0.15) is 0 Å². The van der Waals surface area contributed by atoms with Gasteiger partial charge in [-0.3, -0.25) is 18.2 Å². The van der Waals surface area contributed by atoms with Gasteiger partial charge in [0.05, 0.1) is 0 Å². The maximum absolute atomic E-state index is 8.74. The second kappa shape index (κ2) is 9.71. The molecule has 0 spiro atoms. The zero-order valence-electron chi connectivity index (χ0n) is 5.74. The van der Waals surface area contributed by atoms with Crippen LogP contribution in [0.2, 0.25) is 0 Å². The van der Waals surface area contributed by atoms with Crippen molar-refractivity contribution in [1.82, 2.24) is 0 Å². The maximum atomic E-state index is 8.74. The summed E-state index contributed by atoms with van der Waals surface area (Å²) < 4.78 is 63.2. The Balaban J connectivity index is -0.0000000267. The van der Waals surface area contributed by atoms with E-state index in [9.17, 15) is 0 Å². The molecule has 11 nitrogen and oxygen atoms in total. The molecule has 0 saturated carbocycles. The van der Waals surface area contributed by atoms with Crippen molar-refractivity contribution in [3.8, 4) is 0 Å². The first kappa shape index (κ1) is 29.3. The monoisotopic (exact) mass is 250 g/mol. The van der Waals surface area contributed by atoms with Crippen LogP contribution in [0.15, 0.2) is 0 Å². The molecule has 0 amide bonds. The van der Waals surface area contributed by atoms with Crippen molar-refractivity contribution in [2.24, 2.45) is 0 Å². The SMILES string of the molecule is O.O.O.O=S(=O)(O)O.O=S(=O)(O)O. The summed E-state index contributed by atoms with van der Waals surface area (Å²) in [6.45, 7) is 0. The number of hydrogen-bond donors (Lipinski definition) is 4. The van der Waals surface area contributed by atoms with E-state index in [0.717, 1.165) is 0 Å². The molecule has 0 aromatic heterocycles. The Hall–Kier alpha value is -0.380. The van der Waals surface area contributed by atoms with E-state index in [2.05, 4.69) is 0 Å². The molecule has 0 rings (SSSR count). The fourth-order valence-corrected chi connectivity index (χ4v) is 0. The Morgan fingerprint density at radius 3 is 0.538 bits per heavy atom. The second-order valence-electron chi connectivity index (χ2n) is 0.896. The summed E-state index contributed by atoms with van der Waals surface area (Å²) in [5.74, 6) is 0. The van der Waals surface area contributed by atoms with Crippen molar-refractivity contribution < 1.29 is 51.5 Å². The third kappa shape index (κ3) is 7450. The van der Waals surface area contributed by atoms with Crippen LogP contribution in [-0.4, -0.2) is 51.5 Å². The summed E-state index contributed by atoms with van der Waals surface area (Å²) in [5.41, 5.74) is 0. The van der Waals surface area contributed by atoms with Gasteiger partial charge in [-0.15, -0.1) is 0 Å². The second-order valence-corrected chi connectivity index (χ2v) is 2.69. The fourth-order valence-electron chi connectivity index (χ4n) is 0. The minimum absolute atomic E-state index is 0. The summed E-state index contributed by atoms with van der Waals surface area (Å²) in [7, 11) is -9.33. The van der Waals surface area contributed by atoms with Crippen LogP contribution in [0.1, 0.15) is 0 Å². The van der Waals surface area contributed by atoms with Crippen LogP contribution >= 0.6 is 0 Å². The summed E-state index contributed by atoms with van der Waals surface area (Å²) in [4.78, 5) is 0. The summed E-state index contributed by atoms with van der Waals surface area (Å²) in [6, 6.07) is 0. The minimum atomic E-state index is -4.67.